The second-order valence-electron chi connectivity index (χ2n) is 3.36. The molecule has 0 aromatic heterocycles. The Labute approximate surface area is 68.1 Å². The van der Waals surface area contributed by atoms with Gasteiger partial charge in [-0.3, -0.25) is 0 Å². The van der Waals surface area contributed by atoms with Gasteiger partial charge in [-0.05, 0) is 26.2 Å². The van der Waals surface area contributed by atoms with Crippen molar-refractivity contribution in [3.63, 3.8) is 0 Å². The van der Waals surface area contributed by atoms with Crippen molar-refractivity contribution in [2.75, 3.05) is 0 Å². The van der Waals surface area contributed by atoms with Gasteiger partial charge in [-0.25, -0.2) is 0 Å². The number of aliphatic hydroxyl groups is 1. The summed E-state index contributed by atoms with van der Waals surface area (Å²) in [6, 6.07) is 0. The molecule has 1 rings (SSSR count). The van der Waals surface area contributed by atoms with Crippen LogP contribution in [0.1, 0.15) is 26.2 Å². The zero-order chi connectivity index (χ0) is 8.48. The summed E-state index contributed by atoms with van der Waals surface area (Å²) >= 11 is 0. The fourth-order valence-corrected chi connectivity index (χ4v) is 1.82. The maximum absolute atomic E-state index is 9.83. The second-order valence-corrected chi connectivity index (χ2v) is 3.36. The minimum atomic E-state index is -0.897. The maximum atomic E-state index is 9.83. The largest absolute Gasteiger partial charge is 0.377 e. The Morgan fingerprint density at radius 2 is 2.45 bits per heavy atom. The Kier molecular flexibility index (Phi) is 2.06. The highest BCUT2D eigenvalue weighted by molar-refractivity contribution is 5.21. The van der Waals surface area contributed by atoms with E-state index in [0.29, 0.717) is 0 Å². The van der Waals surface area contributed by atoms with Crippen LogP contribution in [0.5, 0.6) is 0 Å². The second kappa shape index (κ2) is 2.71. The van der Waals surface area contributed by atoms with E-state index in [1.807, 2.05) is 6.92 Å². The van der Waals surface area contributed by atoms with Crippen molar-refractivity contribution in [2.24, 2.45) is 5.92 Å². The van der Waals surface area contributed by atoms with E-state index in [4.69, 9.17) is 6.42 Å². The molecule has 0 aliphatic heterocycles. The van der Waals surface area contributed by atoms with E-state index in [2.05, 4.69) is 12.5 Å². The van der Waals surface area contributed by atoms with E-state index in [1.165, 1.54) is 0 Å². The molecule has 60 valence electrons. The first kappa shape index (κ1) is 8.36. The monoisotopic (exact) mass is 150 g/mol. The Morgan fingerprint density at radius 1 is 1.82 bits per heavy atom. The highest BCUT2D eigenvalue weighted by atomic mass is 16.3. The first-order chi connectivity index (χ1) is 5.10. The lowest BCUT2D eigenvalue weighted by Crippen LogP contribution is -2.31. The van der Waals surface area contributed by atoms with Crippen LogP contribution in [0.4, 0.5) is 0 Å². The average molecular weight is 150 g/mol. The van der Waals surface area contributed by atoms with Gasteiger partial charge < -0.3 is 5.11 Å². The molecule has 2 unspecified atom stereocenters. The lowest BCUT2D eigenvalue weighted by Gasteiger charge is -2.24. The van der Waals surface area contributed by atoms with Crippen molar-refractivity contribution < 1.29 is 5.11 Å². The quantitative estimate of drug-likeness (QED) is 0.446. The van der Waals surface area contributed by atoms with Crippen LogP contribution in [0.3, 0.4) is 0 Å². The molecule has 0 aromatic carbocycles. The molecule has 0 heterocycles. The minimum Gasteiger partial charge on any atom is -0.377 e. The van der Waals surface area contributed by atoms with Crippen molar-refractivity contribution in [1.29, 1.82) is 0 Å². The van der Waals surface area contributed by atoms with Gasteiger partial charge in [0.05, 0.1) is 0 Å². The predicted octanol–water partition coefficient (Wildman–Crippen LogP) is 1.73. The van der Waals surface area contributed by atoms with E-state index >= 15 is 0 Å². The van der Waals surface area contributed by atoms with Crippen LogP contribution >= 0.6 is 0 Å². The predicted molar refractivity (Wildman–Crippen MR) is 45.9 cm³/mol. The molecule has 1 saturated carbocycles. The molecule has 1 nitrogen and oxygen atoms in total. The number of terminal acetylenes is 1. The molecule has 11 heavy (non-hydrogen) atoms. The minimum absolute atomic E-state index is 0.118. The third-order valence-corrected chi connectivity index (χ3v) is 2.47. The molecule has 1 aliphatic rings. The average Bonchev–Trinajstić information content (AvgIpc) is 2.32. The Bertz CT molecular complexity index is 211. The van der Waals surface area contributed by atoms with E-state index in [9.17, 15) is 5.11 Å². The smallest absolute Gasteiger partial charge is 0.131 e. The number of hydrogen-bond donors (Lipinski definition) is 1. The van der Waals surface area contributed by atoms with Crippen LogP contribution in [0, 0.1) is 18.3 Å². The van der Waals surface area contributed by atoms with E-state index in [1.54, 1.807) is 0 Å². The molecule has 0 aromatic rings. The summed E-state index contributed by atoms with van der Waals surface area (Å²) < 4.78 is 0. The first-order valence-corrected chi connectivity index (χ1v) is 3.95. The highest BCUT2D eigenvalue weighted by Gasteiger charge is 2.39. The molecular formula is C10H14O. The molecule has 1 heteroatoms. The van der Waals surface area contributed by atoms with Gasteiger partial charge in [-0.2, -0.15) is 0 Å². The lowest BCUT2D eigenvalue weighted by atomic mass is 9.87. The summed E-state index contributed by atoms with van der Waals surface area (Å²) in [6.45, 7) is 5.75. The molecule has 0 saturated heterocycles. The maximum Gasteiger partial charge on any atom is 0.131 e. The summed E-state index contributed by atoms with van der Waals surface area (Å²) in [4.78, 5) is 0. The van der Waals surface area contributed by atoms with E-state index < -0.39 is 5.60 Å². The molecular weight excluding hydrogens is 136 g/mol. The SMILES string of the molecule is C#CC1(O)CCCC1C(=C)C. The van der Waals surface area contributed by atoms with Gasteiger partial charge in [0.15, 0.2) is 0 Å². The third-order valence-electron chi connectivity index (χ3n) is 2.47. The summed E-state index contributed by atoms with van der Waals surface area (Å²) in [5.74, 6) is 2.58. The molecule has 1 N–H and O–H groups in total. The van der Waals surface area contributed by atoms with Crippen LogP contribution in [0.15, 0.2) is 12.2 Å². The Balaban J connectivity index is 2.82. The Hall–Kier alpha value is -0.740. The molecule has 1 fully saturated rings. The van der Waals surface area contributed by atoms with Crippen molar-refractivity contribution in [3.05, 3.63) is 12.2 Å². The third kappa shape index (κ3) is 1.32. The highest BCUT2D eigenvalue weighted by Crippen LogP contribution is 2.38. The number of hydrogen-bond acceptors (Lipinski definition) is 1. The Morgan fingerprint density at radius 3 is 2.82 bits per heavy atom. The van der Waals surface area contributed by atoms with Crippen molar-refractivity contribution >= 4 is 0 Å². The van der Waals surface area contributed by atoms with Crippen LogP contribution in [0.25, 0.3) is 0 Å². The fraction of sp³-hybridized carbons (Fsp3) is 0.600. The van der Waals surface area contributed by atoms with Gasteiger partial charge in [-0.1, -0.05) is 18.1 Å². The zero-order valence-electron chi connectivity index (χ0n) is 6.93. The van der Waals surface area contributed by atoms with E-state index in [0.717, 1.165) is 24.8 Å². The molecule has 1 aliphatic carbocycles. The van der Waals surface area contributed by atoms with Crippen molar-refractivity contribution in [1.82, 2.24) is 0 Å². The molecule has 0 bridgehead atoms. The summed E-state index contributed by atoms with van der Waals surface area (Å²) in [5, 5.41) is 9.83. The zero-order valence-corrected chi connectivity index (χ0v) is 6.93. The van der Waals surface area contributed by atoms with Gasteiger partial charge in [0, 0.05) is 5.92 Å². The fourth-order valence-electron chi connectivity index (χ4n) is 1.82. The lowest BCUT2D eigenvalue weighted by molar-refractivity contribution is 0.0758. The molecule has 0 spiro atoms. The van der Waals surface area contributed by atoms with Crippen LogP contribution in [0.2, 0.25) is 0 Å². The van der Waals surface area contributed by atoms with Gasteiger partial charge in [0.2, 0.25) is 0 Å². The van der Waals surface area contributed by atoms with Crippen LogP contribution < -0.4 is 0 Å². The topological polar surface area (TPSA) is 20.2 Å². The van der Waals surface area contributed by atoms with Crippen LogP contribution in [-0.2, 0) is 0 Å². The van der Waals surface area contributed by atoms with Gasteiger partial charge in [0.25, 0.3) is 0 Å². The molecule has 0 amide bonds. The standard InChI is InChI=1S/C10H14O/c1-4-10(11)7-5-6-9(10)8(2)3/h1,9,11H,2,5-7H2,3H3. The summed E-state index contributed by atoms with van der Waals surface area (Å²) in [6.07, 6.45) is 7.97. The number of rotatable bonds is 1. The van der Waals surface area contributed by atoms with Crippen molar-refractivity contribution in [3.8, 4) is 12.3 Å². The first-order valence-electron chi connectivity index (χ1n) is 3.95. The van der Waals surface area contributed by atoms with Gasteiger partial charge in [-0.15, -0.1) is 6.42 Å². The summed E-state index contributed by atoms with van der Waals surface area (Å²) in [7, 11) is 0. The van der Waals surface area contributed by atoms with Crippen LogP contribution in [-0.4, -0.2) is 10.7 Å². The van der Waals surface area contributed by atoms with Crippen molar-refractivity contribution in [2.45, 2.75) is 31.8 Å². The molecule has 0 radical (unpaired) electrons. The summed E-state index contributed by atoms with van der Waals surface area (Å²) in [5.41, 5.74) is 0.106. The normalized spacial score (nSPS) is 36.6. The molecule has 2 atom stereocenters. The van der Waals surface area contributed by atoms with E-state index in [-0.39, 0.29) is 5.92 Å². The van der Waals surface area contributed by atoms with Gasteiger partial charge >= 0.3 is 0 Å². The van der Waals surface area contributed by atoms with Gasteiger partial charge in [0.1, 0.15) is 5.60 Å².